The van der Waals surface area contributed by atoms with Crippen molar-refractivity contribution in [1.29, 1.82) is 0 Å². The molecule has 0 unspecified atom stereocenters. The minimum atomic E-state index is 0.220. The van der Waals surface area contributed by atoms with Crippen LogP contribution in [0.25, 0.3) is 0 Å². The highest BCUT2D eigenvalue weighted by Crippen LogP contribution is 2.38. The van der Waals surface area contributed by atoms with E-state index in [-0.39, 0.29) is 6.04 Å². The largest absolute Gasteiger partial charge is 0.324 e. The van der Waals surface area contributed by atoms with Crippen LogP contribution < -0.4 is 5.73 Å². The van der Waals surface area contributed by atoms with Crippen molar-refractivity contribution in [3.63, 3.8) is 0 Å². The Kier molecular flexibility index (Phi) is 2.93. The highest BCUT2D eigenvalue weighted by molar-refractivity contribution is 9.10. The van der Waals surface area contributed by atoms with Crippen LogP contribution in [0.1, 0.15) is 36.4 Å². The van der Waals surface area contributed by atoms with Gasteiger partial charge in [0.25, 0.3) is 0 Å². The zero-order valence-corrected chi connectivity index (χ0v) is 10.0. The van der Waals surface area contributed by atoms with Gasteiger partial charge in [-0.25, -0.2) is 0 Å². The lowest BCUT2D eigenvalue weighted by Crippen LogP contribution is -2.27. The average molecular weight is 254 g/mol. The first-order valence-electron chi connectivity index (χ1n) is 5.20. The van der Waals surface area contributed by atoms with Crippen LogP contribution in [0, 0.1) is 12.8 Å². The smallest absolute Gasteiger partial charge is 0.0334 e. The lowest BCUT2D eigenvalue weighted by Gasteiger charge is -2.32. The minimum Gasteiger partial charge on any atom is -0.324 e. The summed E-state index contributed by atoms with van der Waals surface area (Å²) in [7, 11) is 0. The first-order valence-corrected chi connectivity index (χ1v) is 6.00. The van der Waals surface area contributed by atoms with E-state index in [2.05, 4.69) is 41.1 Å². The van der Waals surface area contributed by atoms with Gasteiger partial charge in [0.15, 0.2) is 0 Å². The molecule has 2 N–H and O–H groups in total. The number of rotatable bonds is 2. The summed E-state index contributed by atoms with van der Waals surface area (Å²) in [5.41, 5.74) is 8.79. The van der Waals surface area contributed by atoms with E-state index in [4.69, 9.17) is 5.73 Å². The molecule has 0 radical (unpaired) electrons. The van der Waals surface area contributed by atoms with Gasteiger partial charge in [-0.3, -0.25) is 0 Å². The van der Waals surface area contributed by atoms with Crippen LogP contribution in [0.4, 0.5) is 0 Å². The Bertz CT molecular complexity index is 331. The molecule has 1 nitrogen and oxygen atoms in total. The standard InChI is InChI=1S/C12H16BrN/c1-8-4-2-7-10(11(8)13)12(14)9-5-3-6-9/h2,4,7,9,12H,3,5-6,14H2,1H3/t12-/m1/s1. The van der Waals surface area contributed by atoms with Crippen molar-refractivity contribution in [3.8, 4) is 0 Å². The fourth-order valence-electron chi connectivity index (χ4n) is 1.98. The third-order valence-electron chi connectivity index (χ3n) is 3.24. The highest BCUT2D eigenvalue weighted by Gasteiger charge is 2.26. The second-order valence-electron chi connectivity index (χ2n) is 4.19. The van der Waals surface area contributed by atoms with E-state index in [1.807, 2.05) is 0 Å². The van der Waals surface area contributed by atoms with Crippen LogP contribution in [0.2, 0.25) is 0 Å². The summed E-state index contributed by atoms with van der Waals surface area (Å²) >= 11 is 3.62. The van der Waals surface area contributed by atoms with Gasteiger partial charge < -0.3 is 5.73 Å². The minimum absolute atomic E-state index is 0.220. The van der Waals surface area contributed by atoms with E-state index in [0.29, 0.717) is 5.92 Å². The first kappa shape index (κ1) is 10.2. The molecule has 0 aliphatic heterocycles. The van der Waals surface area contributed by atoms with Crippen LogP contribution in [0.5, 0.6) is 0 Å². The number of hydrogen-bond donors (Lipinski definition) is 1. The molecule has 2 rings (SSSR count). The van der Waals surface area contributed by atoms with Crippen LogP contribution in [-0.2, 0) is 0 Å². The van der Waals surface area contributed by atoms with E-state index in [1.165, 1.54) is 34.9 Å². The summed E-state index contributed by atoms with van der Waals surface area (Å²) in [5.74, 6) is 0.702. The predicted octanol–water partition coefficient (Wildman–Crippen LogP) is 3.56. The van der Waals surface area contributed by atoms with E-state index < -0.39 is 0 Å². The molecular formula is C12H16BrN. The molecule has 0 aromatic heterocycles. The monoisotopic (exact) mass is 253 g/mol. The van der Waals surface area contributed by atoms with Crippen molar-refractivity contribution in [1.82, 2.24) is 0 Å². The quantitative estimate of drug-likeness (QED) is 0.858. The molecule has 1 aliphatic rings. The maximum Gasteiger partial charge on any atom is 0.0334 e. The molecule has 2 heteroatoms. The van der Waals surface area contributed by atoms with E-state index >= 15 is 0 Å². The molecule has 76 valence electrons. The van der Waals surface area contributed by atoms with Crippen molar-refractivity contribution >= 4 is 15.9 Å². The lowest BCUT2D eigenvalue weighted by molar-refractivity contribution is 0.264. The van der Waals surface area contributed by atoms with Gasteiger partial charge in [0.1, 0.15) is 0 Å². The topological polar surface area (TPSA) is 26.0 Å². The number of nitrogens with two attached hydrogens (primary N) is 1. The van der Waals surface area contributed by atoms with Crippen LogP contribution in [0.15, 0.2) is 22.7 Å². The summed E-state index contributed by atoms with van der Waals surface area (Å²) in [4.78, 5) is 0. The van der Waals surface area contributed by atoms with E-state index in [1.54, 1.807) is 0 Å². The molecule has 0 heterocycles. The molecule has 0 bridgehead atoms. The summed E-state index contributed by atoms with van der Waals surface area (Å²) in [6.45, 7) is 2.11. The molecule has 0 spiro atoms. The second-order valence-corrected chi connectivity index (χ2v) is 4.99. The summed E-state index contributed by atoms with van der Waals surface area (Å²) in [6.07, 6.45) is 3.94. The number of hydrogen-bond acceptors (Lipinski definition) is 1. The van der Waals surface area contributed by atoms with Gasteiger partial charge in [0.2, 0.25) is 0 Å². The van der Waals surface area contributed by atoms with Crippen molar-refractivity contribution in [2.24, 2.45) is 11.7 Å². The highest BCUT2D eigenvalue weighted by atomic mass is 79.9. The van der Waals surface area contributed by atoms with Crippen molar-refractivity contribution in [2.45, 2.75) is 32.2 Å². The predicted molar refractivity (Wildman–Crippen MR) is 63.1 cm³/mol. The van der Waals surface area contributed by atoms with Crippen LogP contribution in [-0.4, -0.2) is 0 Å². The first-order chi connectivity index (χ1) is 6.70. The summed E-state index contributed by atoms with van der Waals surface area (Å²) < 4.78 is 1.19. The molecule has 1 aromatic carbocycles. The van der Waals surface area contributed by atoms with E-state index in [0.717, 1.165) is 0 Å². The van der Waals surface area contributed by atoms with Crippen LogP contribution in [0.3, 0.4) is 0 Å². The van der Waals surface area contributed by atoms with Gasteiger partial charge >= 0.3 is 0 Å². The van der Waals surface area contributed by atoms with Crippen LogP contribution >= 0.6 is 15.9 Å². The molecule has 0 amide bonds. The molecule has 1 aliphatic carbocycles. The Labute approximate surface area is 93.8 Å². The maximum absolute atomic E-state index is 6.24. The van der Waals surface area contributed by atoms with Crippen molar-refractivity contribution in [3.05, 3.63) is 33.8 Å². The number of halogens is 1. The zero-order chi connectivity index (χ0) is 10.1. The molecular weight excluding hydrogens is 238 g/mol. The maximum atomic E-state index is 6.24. The Hall–Kier alpha value is -0.340. The van der Waals surface area contributed by atoms with E-state index in [9.17, 15) is 0 Å². The van der Waals surface area contributed by atoms with Gasteiger partial charge in [-0.1, -0.05) is 40.5 Å². The van der Waals surface area contributed by atoms with Gasteiger partial charge in [-0.05, 0) is 36.8 Å². The van der Waals surface area contributed by atoms with Gasteiger partial charge in [0, 0.05) is 10.5 Å². The normalized spacial score (nSPS) is 19.1. The van der Waals surface area contributed by atoms with Crippen molar-refractivity contribution < 1.29 is 0 Å². The third kappa shape index (κ3) is 1.73. The summed E-state index contributed by atoms with van der Waals surface area (Å²) in [5, 5.41) is 0. The Balaban J connectivity index is 2.26. The Morgan fingerprint density at radius 3 is 2.71 bits per heavy atom. The molecule has 1 fully saturated rings. The fourth-order valence-corrected chi connectivity index (χ4v) is 2.51. The molecule has 1 aromatic rings. The Morgan fingerprint density at radius 2 is 2.14 bits per heavy atom. The second kappa shape index (κ2) is 4.03. The molecule has 14 heavy (non-hydrogen) atoms. The van der Waals surface area contributed by atoms with Crippen molar-refractivity contribution in [2.75, 3.05) is 0 Å². The number of benzene rings is 1. The van der Waals surface area contributed by atoms with Gasteiger partial charge in [-0.15, -0.1) is 0 Å². The molecule has 0 saturated heterocycles. The van der Waals surface area contributed by atoms with Gasteiger partial charge in [-0.2, -0.15) is 0 Å². The molecule has 1 saturated carbocycles. The fraction of sp³-hybridized carbons (Fsp3) is 0.500. The number of aryl methyl sites for hydroxylation is 1. The summed E-state index contributed by atoms with van der Waals surface area (Å²) in [6, 6.07) is 6.56. The Morgan fingerprint density at radius 1 is 1.43 bits per heavy atom. The average Bonchev–Trinajstić information content (AvgIpc) is 2.06. The third-order valence-corrected chi connectivity index (χ3v) is 4.32. The SMILES string of the molecule is Cc1cccc([C@H](N)C2CCC2)c1Br. The van der Waals surface area contributed by atoms with Gasteiger partial charge in [0.05, 0.1) is 0 Å². The molecule has 1 atom stereocenters. The lowest BCUT2D eigenvalue weighted by atomic mass is 9.77. The zero-order valence-electron chi connectivity index (χ0n) is 8.46.